The van der Waals surface area contributed by atoms with E-state index in [1.54, 1.807) is 0 Å². The molecule has 2 heterocycles. The Morgan fingerprint density at radius 2 is 1.83 bits per heavy atom. The van der Waals surface area contributed by atoms with Crippen molar-refractivity contribution in [3.8, 4) is 17.0 Å². The van der Waals surface area contributed by atoms with Gasteiger partial charge in [0.15, 0.2) is 0 Å². The molecule has 1 aliphatic heterocycles. The molecule has 29 heavy (non-hydrogen) atoms. The molecular weight excluding hydrogens is 368 g/mol. The van der Waals surface area contributed by atoms with Crippen molar-refractivity contribution in [2.45, 2.75) is 19.8 Å². The summed E-state index contributed by atoms with van der Waals surface area (Å²) < 4.78 is 10.6. The summed E-state index contributed by atoms with van der Waals surface area (Å²) in [6, 6.07) is 15.1. The average Bonchev–Trinajstić information content (AvgIpc) is 3.23. The SMILES string of the molecule is CCOc1ccc(-c2[nH]c(C)c(C(=O)OC)c2[C@H]2C(=O)Nc3ccccc32)cc1. The van der Waals surface area contributed by atoms with Gasteiger partial charge in [0.05, 0.1) is 30.9 Å². The number of hydrogen-bond acceptors (Lipinski definition) is 4. The third-order valence-corrected chi connectivity index (χ3v) is 5.15. The third kappa shape index (κ3) is 3.16. The fraction of sp³-hybridized carbons (Fsp3) is 0.217. The van der Waals surface area contributed by atoms with Crippen LogP contribution >= 0.6 is 0 Å². The van der Waals surface area contributed by atoms with E-state index in [9.17, 15) is 9.59 Å². The first-order valence-electron chi connectivity index (χ1n) is 9.49. The monoisotopic (exact) mass is 390 g/mol. The topological polar surface area (TPSA) is 80.4 Å². The highest BCUT2D eigenvalue weighted by Crippen LogP contribution is 2.43. The molecule has 2 N–H and O–H groups in total. The number of aromatic nitrogens is 1. The van der Waals surface area contributed by atoms with Crippen LogP contribution in [0.15, 0.2) is 48.5 Å². The Morgan fingerprint density at radius 3 is 2.52 bits per heavy atom. The lowest BCUT2D eigenvalue weighted by atomic mass is 9.87. The normalized spacial score (nSPS) is 15.0. The molecule has 6 heteroatoms. The van der Waals surface area contributed by atoms with E-state index in [1.807, 2.05) is 62.4 Å². The van der Waals surface area contributed by atoms with E-state index >= 15 is 0 Å². The summed E-state index contributed by atoms with van der Waals surface area (Å²) in [4.78, 5) is 28.9. The molecule has 0 bridgehead atoms. The number of aryl methyl sites for hydroxylation is 1. The summed E-state index contributed by atoms with van der Waals surface area (Å²) in [6.45, 7) is 4.32. The van der Waals surface area contributed by atoms with Crippen LogP contribution in [0, 0.1) is 6.92 Å². The van der Waals surface area contributed by atoms with Gasteiger partial charge < -0.3 is 19.8 Å². The molecule has 0 spiro atoms. The lowest BCUT2D eigenvalue weighted by Crippen LogP contribution is -2.17. The van der Waals surface area contributed by atoms with Gasteiger partial charge >= 0.3 is 5.97 Å². The molecule has 0 saturated heterocycles. The van der Waals surface area contributed by atoms with Crippen molar-refractivity contribution >= 4 is 17.6 Å². The molecule has 1 amide bonds. The van der Waals surface area contributed by atoms with E-state index in [0.717, 1.165) is 28.3 Å². The number of nitrogens with one attached hydrogen (secondary N) is 2. The van der Waals surface area contributed by atoms with Gasteiger partial charge in [-0.3, -0.25) is 4.79 Å². The largest absolute Gasteiger partial charge is 0.494 e. The summed E-state index contributed by atoms with van der Waals surface area (Å²) in [6.07, 6.45) is 0. The molecule has 0 fully saturated rings. The van der Waals surface area contributed by atoms with Gasteiger partial charge in [-0.15, -0.1) is 0 Å². The molecular formula is C23H22N2O4. The molecule has 0 aliphatic carbocycles. The number of hydrogen-bond donors (Lipinski definition) is 2. The second-order valence-electron chi connectivity index (χ2n) is 6.87. The number of carbonyl (C=O) groups excluding carboxylic acids is 2. The maximum atomic E-state index is 12.9. The zero-order valence-electron chi connectivity index (χ0n) is 16.5. The zero-order chi connectivity index (χ0) is 20.5. The highest BCUT2D eigenvalue weighted by molar-refractivity contribution is 6.08. The molecule has 148 valence electrons. The van der Waals surface area contributed by atoms with E-state index in [0.29, 0.717) is 23.4 Å². The van der Waals surface area contributed by atoms with Crippen LogP contribution in [0.5, 0.6) is 5.75 Å². The average molecular weight is 390 g/mol. The minimum absolute atomic E-state index is 0.164. The second kappa shape index (κ2) is 7.47. The Morgan fingerprint density at radius 1 is 1.10 bits per heavy atom. The number of rotatable bonds is 5. The summed E-state index contributed by atoms with van der Waals surface area (Å²) in [5, 5.41) is 2.92. The van der Waals surface area contributed by atoms with Gasteiger partial charge in [-0.2, -0.15) is 0 Å². The summed E-state index contributed by atoms with van der Waals surface area (Å²) in [5.41, 5.74) is 4.87. The van der Waals surface area contributed by atoms with Gasteiger partial charge in [0.1, 0.15) is 5.75 Å². The minimum atomic E-state index is -0.605. The van der Waals surface area contributed by atoms with Crippen LogP contribution in [0.4, 0.5) is 5.69 Å². The van der Waals surface area contributed by atoms with Crippen molar-refractivity contribution in [3.63, 3.8) is 0 Å². The fourth-order valence-corrected chi connectivity index (χ4v) is 3.91. The molecule has 1 aliphatic rings. The number of H-pyrrole nitrogens is 1. The van der Waals surface area contributed by atoms with E-state index in [1.165, 1.54) is 7.11 Å². The molecule has 4 rings (SSSR count). The Bertz CT molecular complexity index is 1080. The highest BCUT2D eigenvalue weighted by atomic mass is 16.5. The first-order valence-corrected chi connectivity index (χ1v) is 9.49. The van der Waals surface area contributed by atoms with E-state index in [2.05, 4.69) is 10.3 Å². The molecule has 1 aromatic heterocycles. The van der Waals surface area contributed by atoms with Crippen molar-refractivity contribution < 1.29 is 19.1 Å². The Kier molecular flexibility index (Phi) is 4.84. The first-order chi connectivity index (χ1) is 14.0. The predicted octanol–water partition coefficient (Wildman–Crippen LogP) is 4.26. The smallest absolute Gasteiger partial charge is 0.340 e. The number of benzene rings is 2. The van der Waals surface area contributed by atoms with Gasteiger partial charge in [0.2, 0.25) is 5.91 Å². The number of fused-ring (bicyclic) bond motifs is 1. The van der Waals surface area contributed by atoms with Crippen molar-refractivity contribution in [1.29, 1.82) is 0 Å². The fourth-order valence-electron chi connectivity index (χ4n) is 3.91. The van der Waals surface area contributed by atoms with Crippen molar-refractivity contribution in [2.24, 2.45) is 0 Å². The summed E-state index contributed by atoms with van der Waals surface area (Å²) >= 11 is 0. The van der Waals surface area contributed by atoms with E-state index < -0.39 is 11.9 Å². The number of aromatic amines is 1. The highest BCUT2D eigenvalue weighted by Gasteiger charge is 2.38. The van der Waals surface area contributed by atoms with E-state index in [4.69, 9.17) is 9.47 Å². The van der Waals surface area contributed by atoms with Crippen LogP contribution in [0.2, 0.25) is 0 Å². The minimum Gasteiger partial charge on any atom is -0.494 e. The molecule has 2 aromatic carbocycles. The number of carbonyl (C=O) groups is 2. The van der Waals surface area contributed by atoms with Gasteiger partial charge in [-0.05, 0) is 55.3 Å². The van der Waals surface area contributed by atoms with Crippen LogP contribution in [-0.2, 0) is 9.53 Å². The Balaban J connectivity index is 1.92. The van der Waals surface area contributed by atoms with Crippen LogP contribution in [0.25, 0.3) is 11.3 Å². The van der Waals surface area contributed by atoms with Crippen LogP contribution in [-0.4, -0.2) is 30.6 Å². The Labute approximate surface area is 168 Å². The number of ether oxygens (including phenoxy) is 2. The number of methoxy groups -OCH3 is 1. The van der Waals surface area contributed by atoms with E-state index in [-0.39, 0.29) is 5.91 Å². The number of amides is 1. The zero-order valence-corrected chi connectivity index (χ0v) is 16.5. The summed E-state index contributed by atoms with van der Waals surface area (Å²) in [7, 11) is 1.35. The lowest BCUT2D eigenvalue weighted by Gasteiger charge is -2.14. The lowest BCUT2D eigenvalue weighted by molar-refractivity contribution is -0.116. The van der Waals surface area contributed by atoms with Crippen molar-refractivity contribution in [1.82, 2.24) is 4.98 Å². The van der Waals surface area contributed by atoms with Crippen LogP contribution in [0.1, 0.15) is 40.0 Å². The van der Waals surface area contributed by atoms with Crippen molar-refractivity contribution in [2.75, 3.05) is 19.0 Å². The molecule has 3 aromatic rings. The number of esters is 1. The molecule has 0 unspecified atom stereocenters. The quantitative estimate of drug-likeness (QED) is 0.638. The molecule has 1 atom stereocenters. The maximum Gasteiger partial charge on any atom is 0.340 e. The van der Waals surface area contributed by atoms with Gasteiger partial charge in [0.25, 0.3) is 0 Å². The molecule has 0 radical (unpaired) electrons. The predicted molar refractivity (Wildman–Crippen MR) is 110 cm³/mol. The van der Waals surface area contributed by atoms with Crippen LogP contribution < -0.4 is 10.1 Å². The van der Waals surface area contributed by atoms with Gasteiger partial charge in [-0.1, -0.05) is 18.2 Å². The van der Waals surface area contributed by atoms with Crippen molar-refractivity contribution in [3.05, 3.63) is 70.9 Å². The number of para-hydroxylation sites is 1. The molecule has 6 nitrogen and oxygen atoms in total. The van der Waals surface area contributed by atoms with Gasteiger partial charge in [0, 0.05) is 16.9 Å². The number of anilines is 1. The maximum absolute atomic E-state index is 12.9. The van der Waals surface area contributed by atoms with Gasteiger partial charge in [-0.25, -0.2) is 4.79 Å². The standard InChI is InChI=1S/C23H22N2O4/c1-4-29-15-11-9-14(10-12-15)21-20(18(13(2)24-21)23(27)28-3)19-16-7-5-6-8-17(16)25-22(19)26/h5-12,19,24H,4H2,1-3H3,(H,25,26)/t19-/m0/s1. The van der Waals surface area contributed by atoms with Crippen LogP contribution in [0.3, 0.4) is 0 Å². The molecule has 0 saturated carbocycles. The second-order valence-corrected chi connectivity index (χ2v) is 6.87. The third-order valence-electron chi connectivity index (χ3n) is 5.15. The first kappa shape index (κ1) is 18.8. The summed E-state index contributed by atoms with van der Waals surface area (Å²) in [5.74, 6) is -0.476. The Hall–Kier alpha value is -3.54.